The minimum absolute atomic E-state index is 0.00640. The Kier molecular flexibility index (Phi) is 4.61. The average Bonchev–Trinajstić information content (AvgIpc) is 3.11. The lowest BCUT2D eigenvalue weighted by atomic mass is 9.59. The number of aliphatic hydroxyl groups is 3. The van der Waals surface area contributed by atoms with Gasteiger partial charge < -0.3 is 20.1 Å². The number of rotatable bonds is 3. The highest BCUT2D eigenvalue weighted by Gasteiger charge is 2.76. The molecule has 0 unspecified atom stereocenters. The molecule has 0 saturated heterocycles. The zero-order valence-corrected chi connectivity index (χ0v) is 20.7. The molecule has 6 nitrogen and oxygen atoms in total. The van der Waals surface area contributed by atoms with Crippen molar-refractivity contribution >= 4 is 27.2 Å². The minimum atomic E-state index is -1.96. The van der Waals surface area contributed by atoms with Crippen LogP contribution in [0.4, 0.5) is 0 Å². The molecular weight excluding hydrogens is 450 g/mol. The quantitative estimate of drug-likeness (QED) is 0.580. The topological polar surface area (TPSA) is 99.9 Å². The number of hydrogen-bond donors (Lipinski definition) is 3. The third kappa shape index (κ3) is 2.51. The first-order valence-corrected chi connectivity index (χ1v) is 12.9. The molecule has 8 atom stereocenters. The van der Waals surface area contributed by atoms with Gasteiger partial charge >= 0.3 is 0 Å². The molecule has 0 aromatic carbocycles. The molecule has 2 saturated carbocycles. The molecule has 6 rings (SSSR count). The van der Waals surface area contributed by atoms with E-state index in [2.05, 4.69) is 18.8 Å². The Hall–Kier alpha value is -2.06. The number of aliphatic hydroxyl groups excluding tert-OH is 2. The van der Waals surface area contributed by atoms with Crippen LogP contribution in [0.15, 0.2) is 47.0 Å². The second-order valence-electron chi connectivity index (χ2n) is 11.3. The molecule has 7 heteroatoms. The van der Waals surface area contributed by atoms with Crippen molar-refractivity contribution in [1.82, 2.24) is 4.98 Å². The summed E-state index contributed by atoms with van der Waals surface area (Å²) in [7, 11) is 0. The van der Waals surface area contributed by atoms with Crippen molar-refractivity contribution < 1.29 is 24.9 Å². The molecule has 2 heterocycles. The summed E-state index contributed by atoms with van der Waals surface area (Å²) in [5.74, 6) is 0.0995. The van der Waals surface area contributed by atoms with Gasteiger partial charge in [0.05, 0.1) is 17.4 Å². The van der Waals surface area contributed by atoms with Crippen LogP contribution in [0.25, 0.3) is 10.1 Å². The van der Waals surface area contributed by atoms with Crippen LogP contribution in [-0.2, 0) is 4.79 Å². The highest BCUT2D eigenvalue weighted by Crippen LogP contribution is 2.71. The van der Waals surface area contributed by atoms with E-state index in [1.807, 2.05) is 37.4 Å². The van der Waals surface area contributed by atoms with Crippen molar-refractivity contribution in [2.75, 3.05) is 6.61 Å². The van der Waals surface area contributed by atoms with Crippen LogP contribution < -0.4 is 4.74 Å². The molecule has 4 aliphatic carbocycles. The Morgan fingerprint density at radius 1 is 1.29 bits per heavy atom. The summed E-state index contributed by atoms with van der Waals surface area (Å²) in [5.41, 5.74) is -2.28. The standard InChI is InChI=1S/C27H31NO5S/c1-13-11-26-14(2)9-18-20(25(18,3)4)17(22(26)31)10-15(12-29)21(30)27(26,32)23(13)33-24-16-6-8-34-19(16)5-7-28-24/h5-8,10-11,14,17-18,20-21,23,29-30,32H,9,12H2,1-4H3/t14-,17+,18-,20+,21-,23+,26+,27+/m1/s1. The molecule has 2 aromatic rings. The number of hydrogen-bond acceptors (Lipinski definition) is 7. The zero-order chi connectivity index (χ0) is 24.2. The number of aromatic nitrogens is 1. The first kappa shape index (κ1) is 22.4. The fourth-order valence-corrected chi connectivity index (χ4v) is 8.44. The lowest BCUT2D eigenvalue weighted by Gasteiger charge is -2.49. The Labute approximate surface area is 203 Å². The van der Waals surface area contributed by atoms with E-state index in [1.54, 1.807) is 23.6 Å². The van der Waals surface area contributed by atoms with E-state index in [0.29, 0.717) is 17.4 Å². The molecule has 1 spiro atoms. The molecule has 3 N–H and O–H groups in total. The van der Waals surface area contributed by atoms with Gasteiger partial charge in [-0.05, 0) is 65.2 Å². The number of pyridine rings is 1. The highest BCUT2D eigenvalue weighted by atomic mass is 32.1. The Morgan fingerprint density at radius 3 is 2.79 bits per heavy atom. The summed E-state index contributed by atoms with van der Waals surface area (Å²) < 4.78 is 7.41. The summed E-state index contributed by atoms with van der Waals surface area (Å²) in [4.78, 5) is 18.8. The third-order valence-electron chi connectivity index (χ3n) is 9.47. The number of ketones is 1. The SMILES string of the molecule is CC1=C[C@]23C(=O)[C@@H](C=C(CO)[C@@H](O)[C@]2(O)[C@H]1Oc1nccc2sccc12)[C@H]1[C@@H](C[C@H]3C)C1(C)C. The van der Waals surface area contributed by atoms with Gasteiger partial charge in [0, 0.05) is 16.8 Å². The monoisotopic (exact) mass is 481 g/mol. The Bertz CT molecular complexity index is 1260. The van der Waals surface area contributed by atoms with Crippen LogP contribution in [0, 0.1) is 34.5 Å². The molecule has 34 heavy (non-hydrogen) atoms. The van der Waals surface area contributed by atoms with E-state index in [9.17, 15) is 20.1 Å². The lowest BCUT2D eigenvalue weighted by Crippen LogP contribution is -2.66. The van der Waals surface area contributed by atoms with Crippen LogP contribution >= 0.6 is 11.3 Å². The number of carbonyl (C=O) groups is 1. The largest absolute Gasteiger partial charge is 0.466 e. The van der Waals surface area contributed by atoms with E-state index in [1.165, 1.54) is 0 Å². The van der Waals surface area contributed by atoms with Crippen LogP contribution in [0.2, 0.25) is 0 Å². The van der Waals surface area contributed by atoms with Crippen LogP contribution in [0.3, 0.4) is 0 Å². The summed E-state index contributed by atoms with van der Waals surface area (Å²) in [6.07, 6.45) is 3.62. The van der Waals surface area contributed by atoms with Gasteiger partial charge in [-0.15, -0.1) is 11.3 Å². The fraction of sp³-hybridized carbons (Fsp3) is 0.556. The van der Waals surface area contributed by atoms with Crippen molar-refractivity contribution in [1.29, 1.82) is 0 Å². The molecule has 4 aliphatic rings. The molecule has 2 aromatic heterocycles. The molecule has 180 valence electrons. The van der Waals surface area contributed by atoms with Crippen molar-refractivity contribution in [2.45, 2.75) is 51.9 Å². The maximum Gasteiger partial charge on any atom is 0.222 e. The zero-order valence-electron chi connectivity index (χ0n) is 19.9. The van der Waals surface area contributed by atoms with E-state index < -0.39 is 35.7 Å². The van der Waals surface area contributed by atoms with Gasteiger partial charge in [-0.25, -0.2) is 4.98 Å². The maximum atomic E-state index is 14.4. The maximum absolute atomic E-state index is 14.4. The second-order valence-corrected chi connectivity index (χ2v) is 12.3. The fourth-order valence-electron chi connectivity index (χ4n) is 7.67. The molecule has 0 radical (unpaired) electrons. The van der Waals surface area contributed by atoms with E-state index in [0.717, 1.165) is 16.5 Å². The first-order valence-electron chi connectivity index (χ1n) is 12.0. The number of Topliss-reactive ketones (excluding diaryl/α,β-unsaturated/α-hetero) is 1. The van der Waals surface area contributed by atoms with Gasteiger partial charge in [-0.2, -0.15) is 0 Å². The number of carbonyl (C=O) groups excluding carboxylic acids is 1. The normalized spacial score (nSPS) is 42.3. The predicted molar refractivity (Wildman–Crippen MR) is 129 cm³/mol. The third-order valence-corrected chi connectivity index (χ3v) is 10.4. The summed E-state index contributed by atoms with van der Waals surface area (Å²) in [6.45, 7) is 7.81. The Balaban J connectivity index is 1.53. The summed E-state index contributed by atoms with van der Waals surface area (Å²) in [6, 6.07) is 3.83. The van der Waals surface area contributed by atoms with Gasteiger partial charge in [-0.3, -0.25) is 4.79 Å². The summed E-state index contributed by atoms with van der Waals surface area (Å²) >= 11 is 1.57. The van der Waals surface area contributed by atoms with Crippen LogP contribution in [-0.4, -0.2) is 50.5 Å². The van der Waals surface area contributed by atoms with E-state index in [4.69, 9.17) is 4.74 Å². The van der Waals surface area contributed by atoms with Gasteiger partial charge in [-0.1, -0.05) is 32.9 Å². The lowest BCUT2D eigenvalue weighted by molar-refractivity contribution is -0.186. The first-order chi connectivity index (χ1) is 16.1. The van der Waals surface area contributed by atoms with Gasteiger partial charge in [0.2, 0.25) is 5.88 Å². The van der Waals surface area contributed by atoms with Crippen molar-refractivity contribution in [3.05, 3.63) is 47.0 Å². The van der Waals surface area contributed by atoms with Crippen molar-refractivity contribution in [3.8, 4) is 5.88 Å². The number of nitrogens with zero attached hydrogens (tertiary/aromatic N) is 1. The van der Waals surface area contributed by atoms with E-state index >= 15 is 0 Å². The molecule has 0 amide bonds. The number of allylic oxidation sites excluding steroid dienone is 1. The van der Waals surface area contributed by atoms with Crippen LogP contribution in [0.5, 0.6) is 5.88 Å². The van der Waals surface area contributed by atoms with E-state index in [-0.39, 0.29) is 28.6 Å². The van der Waals surface area contributed by atoms with Crippen LogP contribution in [0.1, 0.15) is 34.1 Å². The Morgan fingerprint density at radius 2 is 2.06 bits per heavy atom. The van der Waals surface area contributed by atoms with Crippen molar-refractivity contribution in [2.24, 2.45) is 34.5 Å². The van der Waals surface area contributed by atoms with Gasteiger partial charge in [0.25, 0.3) is 0 Å². The number of ether oxygens (including phenoxy) is 1. The molecular formula is C27H31NO5S. The second kappa shape index (κ2) is 7.00. The predicted octanol–water partition coefficient (Wildman–Crippen LogP) is 3.51. The van der Waals surface area contributed by atoms with Gasteiger partial charge in [0.15, 0.2) is 17.5 Å². The molecule has 2 fully saturated rings. The molecule has 2 bridgehead atoms. The minimum Gasteiger partial charge on any atom is -0.466 e. The highest BCUT2D eigenvalue weighted by molar-refractivity contribution is 7.17. The number of fused-ring (bicyclic) bond motifs is 4. The van der Waals surface area contributed by atoms with Crippen molar-refractivity contribution in [3.63, 3.8) is 0 Å². The number of thiophene rings is 1. The summed E-state index contributed by atoms with van der Waals surface area (Å²) in [5, 5.41) is 37.2. The van der Waals surface area contributed by atoms with Gasteiger partial charge in [0.1, 0.15) is 6.10 Å². The molecule has 0 aliphatic heterocycles. The smallest absolute Gasteiger partial charge is 0.222 e. The average molecular weight is 482 g/mol.